The molecule has 0 heterocycles. The van der Waals surface area contributed by atoms with Crippen molar-refractivity contribution in [3.8, 4) is 0 Å². The molecule has 0 aliphatic heterocycles. The molecule has 0 saturated carbocycles. The van der Waals surface area contributed by atoms with E-state index in [-0.39, 0.29) is 40.6 Å². The van der Waals surface area contributed by atoms with Crippen LogP contribution < -0.4 is 0 Å². The van der Waals surface area contributed by atoms with Gasteiger partial charge in [0, 0.05) is 0 Å². The van der Waals surface area contributed by atoms with Crippen molar-refractivity contribution in [3.05, 3.63) is 0 Å². The fourth-order valence-corrected chi connectivity index (χ4v) is 1.90. The Kier molecular flexibility index (Phi) is 15.8. The molecule has 0 aromatic rings. The summed E-state index contributed by atoms with van der Waals surface area (Å²) < 4.78 is 20.9. The maximum absolute atomic E-state index is 11.3. The van der Waals surface area contributed by atoms with Crippen molar-refractivity contribution < 1.29 is 21.4 Å². The standard InChI is InChI=1S/C10H23O4P.Ca.2H/c1-3-5-7-9-13-15(11,12)14-10-8-6-4-2;;;/h3-10H2,1-2H3,(H,11,12);;;/q;+2;2*-1. The average molecular weight is 280 g/mol. The molecule has 0 rings (SSSR count). The minimum absolute atomic E-state index is 0. The van der Waals surface area contributed by atoms with E-state index in [0.717, 1.165) is 38.5 Å². The summed E-state index contributed by atoms with van der Waals surface area (Å²) in [5.74, 6) is 0. The van der Waals surface area contributed by atoms with Crippen LogP contribution in [-0.2, 0) is 13.6 Å². The summed E-state index contributed by atoms with van der Waals surface area (Å²) in [6, 6.07) is 0. The zero-order valence-corrected chi connectivity index (χ0v) is 13.6. The van der Waals surface area contributed by atoms with Gasteiger partial charge in [-0.15, -0.1) is 0 Å². The molecule has 16 heavy (non-hydrogen) atoms. The van der Waals surface area contributed by atoms with Crippen molar-refractivity contribution in [1.29, 1.82) is 0 Å². The molecule has 0 fully saturated rings. The van der Waals surface area contributed by atoms with Gasteiger partial charge in [-0.05, 0) is 12.8 Å². The summed E-state index contributed by atoms with van der Waals surface area (Å²) in [7, 11) is -3.77. The predicted molar refractivity (Wildman–Crippen MR) is 68.8 cm³/mol. The second kappa shape index (κ2) is 12.8. The van der Waals surface area contributed by atoms with Crippen molar-refractivity contribution in [2.45, 2.75) is 52.4 Å². The van der Waals surface area contributed by atoms with Crippen LogP contribution in [0.5, 0.6) is 0 Å². The Bertz CT molecular complexity index is 183. The summed E-state index contributed by atoms with van der Waals surface area (Å²) in [6.45, 7) is 4.74. The van der Waals surface area contributed by atoms with E-state index in [9.17, 15) is 9.46 Å². The van der Waals surface area contributed by atoms with Gasteiger partial charge in [0.15, 0.2) is 0 Å². The Morgan fingerprint density at radius 1 is 1.00 bits per heavy atom. The quantitative estimate of drug-likeness (QED) is 0.379. The minimum atomic E-state index is -3.77. The summed E-state index contributed by atoms with van der Waals surface area (Å²) in [4.78, 5) is 9.22. The molecule has 0 unspecified atom stereocenters. The number of phosphoric ester groups is 1. The molecule has 0 aliphatic carbocycles. The topological polar surface area (TPSA) is 55.8 Å². The minimum Gasteiger partial charge on any atom is -1.00 e. The molecule has 1 N–H and O–H groups in total. The zero-order valence-electron chi connectivity index (χ0n) is 12.5. The van der Waals surface area contributed by atoms with Gasteiger partial charge < -0.3 is 7.75 Å². The number of hydrogen-bond acceptors (Lipinski definition) is 3. The predicted octanol–water partition coefficient (Wildman–Crippen LogP) is 3.34. The maximum Gasteiger partial charge on any atom is 2.00 e. The van der Waals surface area contributed by atoms with Crippen molar-refractivity contribution in [3.63, 3.8) is 0 Å². The Morgan fingerprint density at radius 2 is 1.38 bits per heavy atom. The molecular weight excluding hydrogens is 255 g/mol. The second-order valence-electron chi connectivity index (χ2n) is 3.55. The van der Waals surface area contributed by atoms with E-state index >= 15 is 0 Å². The first-order chi connectivity index (χ1) is 7.12. The van der Waals surface area contributed by atoms with E-state index in [1.54, 1.807) is 0 Å². The van der Waals surface area contributed by atoms with Gasteiger partial charge in [-0.2, -0.15) is 0 Å². The Balaban J connectivity index is -0.000000327. The molecule has 4 nitrogen and oxygen atoms in total. The third-order valence-corrected chi connectivity index (χ3v) is 3.02. The molecule has 6 heteroatoms. The third kappa shape index (κ3) is 13.4. The summed E-state index contributed by atoms with van der Waals surface area (Å²) >= 11 is 0. The van der Waals surface area contributed by atoms with Gasteiger partial charge in [-0.25, -0.2) is 4.57 Å². The Morgan fingerprint density at radius 3 is 1.69 bits per heavy atom. The van der Waals surface area contributed by atoms with Crippen molar-refractivity contribution in [1.82, 2.24) is 0 Å². The normalized spacial score (nSPS) is 11.2. The van der Waals surface area contributed by atoms with E-state index < -0.39 is 7.82 Å². The number of phosphoric acid groups is 1. The van der Waals surface area contributed by atoms with Gasteiger partial charge in [0.05, 0.1) is 13.2 Å². The first kappa shape index (κ1) is 19.7. The van der Waals surface area contributed by atoms with Crippen LogP contribution in [0.2, 0.25) is 0 Å². The van der Waals surface area contributed by atoms with Gasteiger partial charge in [0.1, 0.15) is 0 Å². The van der Waals surface area contributed by atoms with Gasteiger partial charge >= 0.3 is 45.6 Å². The molecular formula is C10H25CaO4P. The number of hydrogen-bond donors (Lipinski definition) is 1. The van der Waals surface area contributed by atoms with E-state index in [1.807, 2.05) is 0 Å². The molecule has 0 amide bonds. The van der Waals surface area contributed by atoms with Gasteiger partial charge in [-0.1, -0.05) is 39.5 Å². The van der Waals surface area contributed by atoms with Crippen molar-refractivity contribution in [2.24, 2.45) is 0 Å². The molecule has 0 spiro atoms. The third-order valence-electron chi connectivity index (χ3n) is 2.00. The van der Waals surface area contributed by atoms with E-state index in [0.29, 0.717) is 13.2 Å². The molecule has 0 aliphatic rings. The van der Waals surface area contributed by atoms with Crippen LogP contribution in [0.15, 0.2) is 0 Å². The van der Waals surface area contributed by atoms with Crippen molar-refractivity contribution in [2.75, 3.05) is 13.2 Å². The monoisotopic (exact) mass is 280 g/mol. The molecule has 0 bridgehead atoms. The van der Waals surface area contributed by atoms with Crippen LogP contribution in [0.25, 0.3) is 0 Å². The number of unbranched alkanes of at least 4 members (excludes halogenated alkanes) is 4. The van der Waals surface area contributed by atoms with Crippen LogP contribution >= 0.6 is 7.82 Å². The molecule has 0 aromatic heterocycles. The maximum atomic E-state index is 11.3. The smallest absolute Gasteiger partial charge is 1.00 e. The van der Waals surface area contributed by atoms with Crippen LogP contribution in [-0.4, -0.2) is 55.8 Å². The average Bonchev–Trinajstić information content (AvgIpc) is 2.20. The van der Waals surface area contributed by atoms with Crippen molar-refractivity contribution >= 4 is 45.6 Å². The van der Waals surface area contributed by atoms with Gasteiger partial charge in [0.25, 0.3) is 0 Å². The molecule has 0 radical (unpaired) electrons. The largest absolute Gasteiger partial charge is 2.00 e. The van der Waals surface area contributed by atoms with Gasteiger partial charge in [-0.3, -0.25) is 9.05 Å². The van der Waals surface area contributed by atoms with Crippen LogP contribution in [0.1, 0.15) is 55.2 Å². The molecule has 96 valence electrons. The fourth-order valence-electron chi connectivity index (χ4n) is 1.10. The van der Waals surface area contributed by atoms with E-state index in [1.165, 1.54) is 0 Å². The van der Waals surface area contributed by atoms with E-state index in [2.05, 4.69) is 13.8 Å². The second-order valence-corrected chi connectivity index (χ2v) is 5.00. The van der Waals surface area contributed by atoms with Gasteiger partial charge in [0.2, 0.25) is 0 Å². The van der Waals surface area contributed by atoms with E-state index in [4.69, 9.17) is 9.05 Å². The zero-order chi connectivity index (χ0) is 11.6. The first-order valence-corrected chi connectivity index (χ1v) is 7.23. The molecule has 0 atom stereocenters. The summed E-state index contributed by atoms with van der Waals surface area (Å²) in [5, 5.41) is 0. The van der Waals surface area contributed by atoms with Crippen LogP contribution in [0.3, 0.4) is 0 Å². The SMILES string of the molecule is CCCCCOP(=O)(O)OCCCCC.[Ca+2].[H-].[H-]. The first-order valence-electron chi connectivity index (χ1n) is 5.74. The fraction of sp³-hybridized carbons (Fsp3) is 1.00. The molecule has 0 saturated heterocycles. The summed E-state index contributed by atoms with van der Waals surface area (Å²) in [5.41, 5.74) is 0. The Labute approximate surface area is 132 Å². The van der Waals surface area contributed by atoms with Crippen LogP contribution in [0, 0.1) is 0 Å². The summed E-state index contributed by atoms with van der Waals surface area (Å²) in [6.07, 6.45) is 5.76. The molecule has 0 aromatic carbocycles. The number of rotatable bonds is 10. The van der Waals surface area contributed by atoms with Crippen LogP contribution in [0.4, 0.5) is 0 Å². The Hall–Kier alpha value is 1.37.